The molecule has 3 aliphatic heterocycles. The Labute approximate surface area is 190 Å². The number of hydrogen-bond donors (Lipinski definition) is 0. The Kier molecular flexibility index (Phi) is 5.09. The van der Waals surface area contributed by atoms with E-state index in [1.165, 1.54) is 23.1 Å². The van der Waals surface area contributed by atoms with E-state index in [4.69, 9.17) is 9.51 Å². The fourth-order valence-electron chi connectivity index (χ4n) is 4.90. The summed E-state index contributed by atoms with van der Waals surface area (Å²) in [4.78, 5) is 18.2. The molecule has 1 aromatic carbocycles. The first kappa shape index (κ1) is 19.8. The number of aromatic nitrogens is 5. The Hall–Kier alpha value is -2.87. The minimum Gasteiger partial charge on any atom is -0.361 e. The second kappa shape index (κ2) is 8.24. The molecule has 4 aliphatic rings. The van der Waals surface area contributed by atoms with Crippen molar-refractivity contribution in [1.29, 1.82) is 0 Å². The molecule has 0 amide bonds. The average molecular weight is 448 g/mol. The van der Waals surface area contributed by atoms with Crippen LogP contribution in [0.25, 0.3) is 17.1 Å². The lowest BCUT2D eigenvalue weighted by Gasteiger charge is -2.17. The van der Waals surface area contributed by atoms with Gasteiger partial charge in [0.2, 0.25) is 0 Å². The zero-order chi connectivity index (χ0) is 21.5. The summed E-state index contributed by atoms with van der Waals surface area (Å²) in [6.45, 7) is 0.882. The fourth-order valence-corrected chi connectivity index (χ4v) is 5.90. The highest BCUT2D eigenvalue weighted by molar-refractivity contribution is 7.98. The standard InChI is InChI=1S/C24H25N5O2S/c30-23-21-19-12-5-2-8-14-28(19)24(25-22(21)26-29(23)16-9-3-1-4-10-16)32-15-18-17-11-6-7-13-20(17)31-27-18/h1,3-4,9-10H,2,5-8,11-15H2. The maximum Gasteiger partial charge on any atom is 0.284 e. The Bertz CT molecular complexity index is 1290. The van der Waals surface area contributed by atoms with Gasteiger partial charge in [0.25, 0.3) is 5.56 Å². The van der Waals surface area contributed by atoms with E-state index in [0.29, 0.717) is 11.4 Å². The topological polar surface area (TPSA) is 78.7 Å². The van der Waals surface area contributed by atoms with Crippen LogP contribution in [0.1, 0.15) is 54.8 Å². The number of fused-ring (bicyclic) bond motifs is 4. The monoisotopic (exact) mass is 447 g/mol. The third kappa shape index (κ3) is 3.37. The number of hydrogen-bond acceptors (Lipinski definition) is 6. The summed E-state index contributed by atoms with van der Waals surface area (Å²) < 4.78 is 9.35. The molecule has 0 saturated carbocycles. The van der Waals surface area contributed by atoms with E-state index < -0.39 is 0 Å². The third-order valence-corrected chi connectivity index (χ3v) is 7.52. The Balaban J connectivity index is 1.42. The number of para-hydroxylation sites is 1. The van der Waals surface area contributed by atoms with Gasteiger partial charge in [-0.3, -0.25) is 4.79 Å². The highest BCUT2D eigenvalue weighted by Crippen LogP contribution is 2.33. The smallest absolute Gasteiger partial charge is 0.284 e. The summed E-state index contributed by atoms with van der Waals surface area (Å²) in [7, 11) is 0. The summed E-state index contributed by atoms with van der Waals surface area (Å²) >= 11 is 1.68. The van der Waals surface area contributed by atoms with E-state index in [2.05, 4.69) is 14.8 Å². The van der Waals surface area contributed by atoms with Crippen molar-refractivity contribution in [1.82, 2.24) is 24.5 Å². The van der Waals surface area contributed by atoms with Crippen LogP contribution in [-0.4, -0.2) is 24.5 Å². The lowest BCUT2D eigenvalue weighted by Crippen LogP contribution is -2.19. The molecular weight excluding hydrogens is 422 g/mol. The lowest BCUT2D eigenvalue weighted by atomic mass is 9.97. The molecule has 0 unspecified atom stereocenters. The Morgan fingerprint density at radius 1 is 1.00 bits per heavy atom. The van der Waals surface area contributed by atoms with Gasteiger partial charge in [-0.05, 0) is 50.7 Å². The SMILES string of the molecule is O=c1c2c3n(c(SCc4noc5c4CCCC5)nc-2nn1-c1ccccc1)CCCCC3. The zero-order valence-electron chi connectivity index (χ0n) is 17.9. The van der Waals surface area contributed by atoms with Gasteiger partial charge < -0.3 is 9.09 Å². The second-order valence-electron chi connectivity index (χ2n) is 8.58. The number of nitrogens with zero attached hydrogens (tertiary/aromatic N) is 5. The summed E-state index contributed by atoms with van der Waals surface area (Å²) in [5.41, 5.74) is 4.76. The van der Waals surface area contributed by atoms with Crippen molar-refractivity contribution in [3.05, 3.63) is 63.4 Å². The second-order valence-corrected chi connectivity index (χ2v) is 9.52. The van der Waals surface area contributed by atoms with E-state index in [9.17, 15) is 4.79 Å². The minimum absolute atomic E-state index is 0.0773. The Morgan fingerprint density at radius 2 is 1.84 bits per heavy atom. The van der Waals surface area contributed by atoms with Crippen molar-refractivity contribution in [3.63, 3.8) is 0 Å². The van der Waals surface area contributed by atoms with Gasteiger partial charge in [-0.1, -0.05) is 41.5 Å². The minimum atomic E-state index is -0.0773. The van der Waals surface area contributed by atoms with Crippen LogP contribution in [0.2, 0.25) is 0 Å². The van der Waals surface area contributed by atoms with Crippen LogP contribution in [0, 0.1) is 0 Å². The first-order chi connectivity index (χ1) is 15.8. The Morgan fingerprint density at radius 3 is 2.75 bits per heavy atom. The molecule has 0 fully saturated rings. The maximum absolute atomic E-state index is 13.3. The van der Waals surface area contributed by atoms with Gasteiger partial charge >= 0.3 is 0 Å². The van der Waals surface area contributed by atoms with E-state index in [1.54, 1.807) is 11.8 Å². The first-order valence-corrected chi connectivity index (χ1v) is 12.4. The normalized spacial score (nSPS) is 16.0. The molecule has 0 spiro atoms. The van der Waals surface area contributed by atoms with Gasteiger partial charge in [0.05, 0.1) is 11.4 Å². The van der Waals surface area contributed by atoms with Crippen LogP contribution in [0.3, 0.4) is 0 Å². The number of aryl methyl sites for hydroxylation is 1. The van der Waals surface area contributed by atoms with Gasteiger partial charge in [-0.25, -0.2) is 4.98 Å². The van der Waals surface area contributed by atoms with Gasteiger partial charge in [-0.2, -0.15) is 4.68 Å². The predicted octanol–water partition coefficient (Wildman–Crippen LogP) is 4.42. The van der Waals surface area contributed by atoms with Crippen molar-refractivity contribution >= 4 is 11.8 Å². The highest BCUT2D eigenvalue weighted by Gasteiger charge is 2.27. The summed E-state index contributed by atoms with van der Waals surface area (Å²) in [5, 5.41) is 9.91. The molecule has 8 heteroatoms. The van der Waals surface area contributed by atoms with Gasteiger partial charge in [-0.15, -0.1) is 5.10 Å². The van der Waals surface area contributed by atoms with Crippen LogP contribution in [0.4, 0.5) is 0 Å². The van der Waals surface area contributed by atoms with Crippen LogP contribution >= 0.6 is 11.8 Å². The molecule has 0 bridgehead atoms. The highest BCUT2D eigenvalue weighted by atomic mass is 32.2. The molecule has 6 rings (SSSR count). The molecule has 0 N–H and O–H groups in total. The summed E-state index contributed by atoms with van der Waals surface area (Å²) in [5.74, 6) is 2.32. The van der Waals surface area contributed by atoms with Crippen LogP contribution in [0.5, 0.6) is 0 Å². The van der Waals surface area contributed by atoms with E-state index in [-0.39, 0.29) is 5.56 Å². The van der Waals surface area contributed by atoms with E-state index in [1.807, 2.05) is 30.3 Å². The molecule has 0 saturated heterocycles. The molecular formula is C24H25N5O2S. The largest absolute Gasteiger partial charge is 0.361 e. The number of thioether (sulfide) groups is 1. The van der Waals surface area contributed by atoms with Gasteiger partial charge in [0.15, 0.2) is 11.0 Å². The van der Waals surface area contributed by atoms with E-state index >= 15 is 0 Å². The first-order valence-electron chi connectivity index (χ1n) is 11.5. The number of benzene rings is 1. The molecule has 7 nitrogen and oxygen atoms in total. The zero-order valence-corrected chi connectivity index (χ0v) is 18.7. The fraction of sp³-hybridized carbons (Fsp3) is 0.417. The molecule has 0 atom stereocenters. The number of rotatable bonds is 4. The lowest BCUT2D eigenvalue weighted by molar-refractivity contribution is 0.369. The molecule has 1 aliphatic carbocycles. The summed E-state index contributed by atoms with van der Waals surface area (Å²) in [6.07, 6.45) is 8.63. The molecule has 32 heavy (non-hydrogen) atoms. The van der Waals surface area contributed by atoms with Crippen LogP contribution in [-0.2, 0) is 31.6 Å². The quantitative estimate of drug-likeness (QED) is 0.340. The van der Waals surface area contributed by atoms with Crippen molar-refractivity contribution in [3.8, 4) is 17.1 Å². The van der Waals surface area contributed by atoms with Crippen LogP contribution < -0.4 is 5.56 Å². The van der Waals surface area contributed by atoms with Crippen molar-refractivity contribution < 1.29 is 4.52 Å². The average Bonchev–Trinajstić information content (AvgIpc) is 3.29. The molecule has 164 valence electrons. The molecule has 0 radical (unpaired) electrons. The van der Waals surface area contributed by atoms with Crippen LogP contribution in [0.15, 0.2) is 44.8 Å². The van der Waals surface area contributed by atoms with E-state index in [0.717, 1.165) is 78.8 Å². The predicted molar refractivity (Wildman–Crippen MR) is 123 cm³/mol. The van der Waals surface area contributed by atoms with Crippen molar-refractivity contribution in [2.75, 3.05) is 0 Å². The molecule has 1 aromatic heterocycles. The third-order valence-electron chi connectivity index (χ3n) is 6.54. The molecule has 4 heterocycles. The van der Waals surface area contributed by atoms with Gasteiger partial charge in [0.1, 0.15) is 11.3 Å². The summed E-state index contributed by atoms with van der Waals surface area (Å²) in [6, 6.07) is 9.59. The van der Waals surface area contributed by atoms with Crippen molar-refractivity contribution in [2.24, 2.45) is 0 Å². The van der Waals surface area contributed by atoms with Gasteiger partial charge in [0, 0.05) is 30.0 Å². The molecule has 2 aromatic rings. The maximum atomic E-state index is 13.3. The van der Waals surface area contributed by atoms with Crippen molar-refractivity contribution in [2.45, 2.75) is 68.8 Å².